The highest BCUT2D eigenvalue weighted by Crippen LogP contribution is 2.40. The number of carboxylic acid groups (broad SMARTS) is 1. The number of hydrogen-bond donors (Lipinski definition) is 1. The second-order valence-corrected chi connectivity index (χ2v) is 8.88. The predicted octanol–water partition coefficient (Wildman–Crippen LogP) is 6.28. The number of allylic oxidation sites excluding steroid dienone is 1. The minimum absolute atomic E-state index is 0.116. The maximum absolute atomic E-state index is 10.5. The zero-order chi connectivity index (χ0) is 19.8. The quantitative estimate of drug-likeness (QED) is 0.511. The smallest absolute Gasteiger partial charge is 0.303 e. The second-order valence-electron chi connectivity index (χ2n) is 6.41. The molecule has 28 heavy (non-hydrogen) atoms. The van der Waals surface area contributed by atoms with Crippen molar-refractivity contribution in [2.45, 2.75) is 26.2 Å². The molecule has 1 heterocycles. The fourth-order valence-corrected chi connectivity index (χ4v) is 5.32. The number of hydrogen-bond acceptors (Lipinski definition) is 5. The van der Waals surface area contributed by atoms with Crippen LogP contribution in [0.4, 0.5) is 0 Å². The molecule has 0 atom stereocenters. The summed E-state index contributed by atoms with van der Waals surface area (Å²) >= 11 is 3.91. The largest absolute Gasteiger partial charge is 0.494 e. The lowest BCUT2D eigenvalue weighted by molar-refractivity contribution is -0.137. The molecule has 148 valence electrons. The van der Waals surface area contributed by atoms with Crippen LogP contribution >= 0.6 is 23.5 Å². The SMILES string of the molecule is CC(=C1SCCCS1)c1ccc(Oc2ccc(OCCCC(=O)O)cc2)cc1. The summed E-state index contributed by atoms with van der Waals surface area (Å²) in [4.78, 5) is 10.5. The van der Waals surface area contributed by atoms with Gasteiger partial charge in [-0.1, -0.05) is 12.1 Å². The first-order valence-electron chi connectivity index (χ1n) is 9.31. The molecule has 4 nitrogen and oxygen atoms in total. The summed E-state index contributed by atoms with van der Waals surface area (Å²) in [6.07, 6.45) is 1.89. The summed E-state index contributed by atoms with van der Waals surface area (Å²) in [5.41, 5.74) is 2.57. The van der Waals surface area contributed by atoms with E-state index in [1.807, 2.05) is 59.9 Å². The van der Waals surface area contributed by atoms with Gasteiger partial charge in [0.25, 0.3) is 0 Å². The van der Waals surface area contributed by atoms with Crippen LogP contribution in [-0.4, -0.2) is 29.2 Å². The molecule has 0 aliphatic carbocycles. The Kier molecular flexibility index (Phi) is 7.74. The summed E-state index contributed by atoms with van der Waals surface area (Å²) in [6, 6.07) is 15.6. The summed E-state index contributed by atoms with van der Waals surface area (Å²) in [5.74, 6) is 3.85. The Morgan fingerprint density at radius 1 is 0.964 bits per heavy atom. The lowest BCUT2D eigenvalue weighted by Gasteiger charge is -2.16. The third-order valence-corrected chi connectivity index (χ3v) is 7.04. The molecular weight excluding hydrogens is 392 g/mol. The molecule has 6 heteroatoms. The molecular formula is C22H24O4S2. The molecule has 0 bridgehead atoms. The Morgan fingerprint density at radius 3 is 2.14 bits per heavy atom. The highest BCUT2D eigenvalue weighted by Gasteiger charge is 2.11. The van der Waals surface area contributed by atoms with Crippen molar-refractivity contribution >= 4 is 35.1 Å². The van der Waals surface area contributed by atoms with Gasteiger partial charge in [0.2, 0.25) is 0 Å². The van der Waals surface area contributed by atoms with Crippen LogP contribution in [0.1, 0.15) is 31.7 Å². The minimum atomic E-state index is -0.805. The summed E-state index contributed by atoms with van der Waals surface area (Å²) in [5, 5.41) is 8.62. The zero-order valence-electron chi connectivity index (χ0n) is 15.8. The van der Waals surface area contributed by atoms with E-state index in [4.69, 9.17) is 14.6 Å². The topological polar surface area (TPSA) is 55.8 Å². The van der Waals surface area contributed by atoms with Crippen LogP contribution in [0, 0.1) is 0 Å². The summed E-state index contributed by atoms with van der Waals surface area (Å²) in [7, 11) is 0. The third-order valence-electron chi connectivity index (χ3n) is 4.21. The van der Waals surface area contributed by atoms with Gasteiger partial charge in [-0.05, 0) is 78.8 Å². The van der Waals surface area contributed by atoms with Crippen LogP contribution in [0.5, 0.6) is 17.2 Å². The molecule has 0 saturated carbocycles. The molecule has 0 amide bonds. The van der Waals surface area contributed by atoms with Crippen LogP contribution in [-0.2, 0) is 4.79 Å². The summed E-state index contributed by atoms with van der Waals surface area (Å²) < 4.78 is 12.9. The molecule has 2 aromatic carbocycles. The molecule has 1 saturated heterocycles. The molecule has 0 spiro atoms. The Morgan fingerprint density at radius 2 is 1.54 bits per heavy atom. The third kappa shape index (κ3) is 6.24. The van der Waals surface area contributed by atoms with E-state index < -0.39 is 5.97 Å². The van der Waals surface area contributed by atoms with Crippen molar-refractivity contribution in [2.24, 2.45) is 0 Å². The molecule has 0 unspecified atom stereocenters. The van der Waals surface area contributed by atoms with Gasteiger partial charge in [0.05, 0.1) is 6.61 Å². The van der Waals surface area contributed by atoms with Gasteiger partial charge < -0.3 is 14.6 Å². The van der Waals surface area contributed by atoms with E-state index in [2.05, 4.69) is 19.1 Å². The molecule has 1 aliphatic rings. The number of carbonyl (C=O) groups is 1. The van der Waals surface area contributed by atoms with Crippen molar-refractivity contribution < 1.29 is 19.4 Å². The van der Waals surface area contributed by atoms with Gasteiger partial charge in [0.15, 0.2) is 0 Å². The fraction of sp³-hybridized carbons (Fsp3) is 0.318. The van der Waals surface area contributed by atoms with Gasteiger partial charge in [-0.3, -0.25) is 4.79 Å². The molecule has 1 fully saturated rings. The molecule has 0 radical (unpaired) electrons. The molecule has 2 aromatic rings. The monoisotopic (exact) mass is 416 g/mol. The van der Waals surface area contributed by atoms with Crippen LogP contribution in [0.3, 0.4) is 0 Å². The molecule has 3 rings (SSSR count). The van der Waals surface area contributed by atoms with Gasteiger partial charge >= 0.3 is 5.97 Å². The van der Waals surface area contributed by atoms with Crippen LogP contribution in [0.15, 0.2) is 52.8 Å². The van der Waals surface area contributed by atoms with E-state index in [0.717, 1.165) is 11.5 Å². The first-order chi connectivity index (χ1) is 13.6. The molecule has 1 aliphatic heterocycles. The minimum Gasteiger partial charge on any atom is -0.494 e. The van der Waals surface area contributed by atoms with Crippen LogP contribution < -0.4 is 9.47 Å². The average Bonchev–Trinajstić information content (AvgIpc) is 2.73. The van der Waals surface area contributed by atoms with Crippen molar-refractivity contribution in [1.82, 2.24) is 0 Å². The Bertz CT molecular complexity index is 805. The Balaban J connectivity index is 1.54. The van der Waals surface area contributed by atoms with Crippen LogP contribution in [0.25, 0.3) is 5.57 Å². The first kappa shape index (κ1) is 20.7. The number of thioether (sulfide) groups is 2. The number of rotatable bonds is 8. The zero-order valence-corrected chi connectivity index (χ0v) is 17.5. The highest BCUT2D eigenvalue weighted by atomic mass is 32.2. The molecule has 1 N–H and O–H groups in total. The fourth-order valence-electron chi connectivity index (χ4n) is 2.69. The van der Waals surface area contributed by atoms with Gasteiger partial charge in [-0.15, -0.1) is 23.5 Å². The Hall–Kier alpha value is -2.05. The second kappa shape index (κ2) is 10.5. The predicted molar refractivity (Wildman–Crippen MR) is 117 cm³/mol. The van der Waals surface area contributed by atoms with Crippen molar-refractivity contribution in [3.63, 3.8) is 0 Å². The van der Waals surface area contributed by atoms with Gasteiger partial charge in [0, 0.05) is 10.7 Å². The van der Waals surface area contributed by atoms with E-state index >= 15 is 0 Å². The van der Waals surface area contributed by atoms with E-state index in [1.54, 1.807) is 0 Å². The lowest BCUT2D eigenvalue weighted by atomic mass is 10.1. The normalized spacial score (nSPS) is 13.8. The number of benzene rings is 2. The van der Waals surface area contributed by atoms with Crippen molar-refractivity contribution in [1.29, 1.82) is 0 Å². The lowest BCUT2D eigenvalue weighted by Crippen LogP contribution is -2.01. The van der Waals surface area contributed by atoms with E-state index in [-0.39, 0.29) is 6.42 Å². The van der Waals surface area contributed by atoms with E-state index in [0.29, 0.717) is 18.8 Å². The van der Waals surface area contributed by atoms with Gasteiger partial charge in [-0.25, -0.2) is 0 Å². The molecule has 0 aromatic heterocycles. The number of aliphatic carboxylic acids is 1. The summed E-state index contributed by atoms with van der Waals surface area (Å²) in [6.45, 7) is 2.57. The van der Waals surface area contributed by atoms with Crippen LogP contribution in [0.2, 0.25) is 0 Å². The van der Waals surface area contributed by atoms with E-state index in [1.165, 1.54) is 33.3 Å². The van der Waals surface area contributed by atoms with Crippen molar-refractivity contribution in [2.75, 3.05) is 18.1 Å². The maximum atomic E-state index is 10.5. The number of carboxylic acids is 1. The number of ether oxygens (including phenoxy) is 2. The first-order valence-corrected chi connectivity index (χ1v) is 11.3. The van der Waals surface area contributed by atoms with E-state index in [9.17, 15) is 4.79 Å². The maximum Gasteiger partial charge on any atom is 0.303 e. The Labute approximate surface area is 174 Å². The van der Waals surface area contributed by atoms with Gasteiger partial charge in [-0.2, -0.15) is 0 Å². The van der Waals surface area contributed by atoms with Crippen molar-refractivity contribution in [3.8, 4) is 17.2 Å². The average molecular weight is 417 g/mol. The van der Waals surface area contributed by atoms with Crippen molar-refractivity contribution in [3.05, 3.63) is 58.3 Å². The van der Waals surface area contributed by atoms with Gasteiger partial charge in [0.1, 0.15) is 17.2 Å². The standard InChI is InChI=1S/C22H24O4S2/c1-16(22-27-14-3-15-28-22)17-5-7-19(8-6-17)26-20-11-9-18(10-12-20)25-13-2-4-21(23)24/h5-12H,2-4,13-15H2,1H3,(H,23,24). The highest BCUT2D eigenvalue weighted by molar-refractivity contribution is 8.23.